The molecule has 0 spiro atoms. The molecule has 0 unspecified atom stereocenters. The van der Waals surface area contributed by atoms with E-state index >= 15 is 0 Å². The maximum absolute atomic E-state index is 12.6. The number of imide groups is 1. The first kappa shape index (κ1) is 23.2. The molecule has 2 amide bonds. The van der Waals surface area contributed by atoms with E-state index in [-0.39, 0.29) is 37.2 Å². The van der Waals surface area contributed by atoms with Gasteiger partial charge in [0.2, 0.25) is 11.8 Å². The Morgan fingerprint density at radius 3 is 2.45 bits per heavy atom. The smallest absolute Gasteiger partial charge is 0.233 e. The average Bonchev–Trinajstić information content (AvgIpc) is 3.00. The molecule has 1 heterocycles. The number of hydrogen-bond acceptors (Lipinski definition) is 6. The molecule has 4 N–H and O–H groups in total. The molecule has 1 aromatic rings. The van der Waals surface area contributed by atoms with Crippen molar-refractivity contribution in [1.82, 2.24) is 4.90 Å². The number of benzene rings is 1. The Morgan fingerprint density at radius 1 is 1.19 bits per heavy atom. The van der Waals surface area contributed by atoms with E-state index in [0.29, 0.717) is 24.0 Å². The second-order valence-corrected chi connectivity index (χ2v) is 8.38. The maximum atomic E-state index is 12.6. The van der Waals surface area contributed by atoms with Crippen molar-refractivity contribution in [2.45, 2.75) is 38.7 Å². The standard InChI is InChI=1S/C24H31NO6/c1-3-14(10-15-4-7-17(28)8-5-15)6-9-20(29)21-16(12-26)11-18-22(19(21)13-27)24(31)25(2)23(18)30/h4-5,7-8,10,18-20,22,26-29H,3,6,9,11-13H2,1-2H3/b14-10+/t18-,19+,20-,22-/m1/s1. The van der Waals surface area contributed by atoms with Crippen LogP contribution in [0.2, 0.25) is 0 Å². The lowest BCUT2D eigenvalue weighted by atomic mass is 9.68. The van der Waals surface area contributed by atoms with Crippen LogP contribution in [0.25, 0.3) is 6.08 Å². The van der Waals surface area contributed by atoms with Crippen LogP contribution in [-0.2, 0) is 9.59 Å². The van der Waals surface area contributed by atoms with Crippen molar-refractivity contribution >= 4 is 17.9 Å². The largest absolute Gasteiger partial charge is 0.508 e. The van der Waals surface area contributed by atoms with Crippen LogP contribution in [0, 0.1) is 17.8 Å². The number of carbonyl (C=O) groups is 2. The summed E-state index contributed by atoms with van der Waals surface area (Å²) < 4.78 is 0. The summed E-state index contributed by atoms with van der Waals surface area (Å²) >= 11 is 0. The molecular formula is C24H31NO6. The van der Waals surface area contributed by atoms with Gasteiger partial charge in [-0.05, 0) is 54.5 Å². The minimum absolute atomic E-state index is 0.199. The summed E-state index contributed by atoms with van der Waals surface area (Å²) in [4.78, 5) is 26.1. The Morgan fingerprint density at radius 2 is 1.87 bits per heavy atom. The first-order valence-corrected chi connectivity index (χ1v) is 10.7. The Bertz CT molecular complexity index is 888. The Kier molecular flexibility index (Phi) is 7.30. The van der Waals surface area contributed by atoms with Crippen molar-refractivity contribution in [1.29, 1.82) is 0 Å². The molecule has 1 saturated heterocycles. The fourth-order valence-corrected chi connectivity index (χ4v) is 4.90. The van der Waals surface area contributed by atoms with E-state index in [2.05, 4.69) is 0 Å². The van der Waals surface area contributed by atoms with E-state index in [9.17, 15) is 30.0 Å². The van der Waals surface area contributed by atoms with Gasteiger partial charge in [0.05, 0.1) is 31.2 Å². The SMILES string of the molecule is CC/C(=C\c1ccc(O)cc1)CC[C@@H](O)C1=C(CO)C[C@H]2C(=O)N(C)C(=O)[C@H]2[C@H]1CO. The fraction of sp³-hybridized carbons (Fsp3) is 0.500. The van der Waals surface area contributed by atoms with E-state index in [1.165, 1.54) is 7.05 Å². The third kappa shape index (κ3) is 4.59. The van der Waals surface area contributed by atoms with Crippen molar-refractivity contribution in [2.24, 2.45) is 17.8 Å². The van der Waals surface area contributed by atoms with Crippen LogP contribution < -0.4 is 0 Å². The first-order valence-electron chi connectivity index (χ1n) is 10.7. The molecule has 31 heavy (non-hydrogen) atoms. The third-order valence-electron chi connectivity index (χ3n) is 6.61. The Hall–Kier alpha value is -2.48. The molecule has 1 aliphatic carbocycles. The summed E-state index contributed by atoms with van der Waals surface area (Å²) in [6.45, 7) is 1.34. The van der Waals surface area contributed by atoms with Gasteiger partial charge < -0.3 is 20.4 Å². The molecule has 2 aliphatic rings. The molecule has 0 saturated carbocycles. The molecule has 7 nitrogen and oxygen atoms in total. The van der Waals surface area contributed by atoms with Gasteiger partial charge >= 0.3 is 0 Å². The topological polar surface area (TPSA) is 118 Å². The van der Waals surface area contributed by atoms with Crippen molar-refractivity contribution in [2.75, 3.05) is 20.3 Å². The highest BCUT2D eigenvalue weighted by molar-refractivity contribution is 6.05. The van der Waals surface area contributed by atoms with Crippen molar-refractivity contribution < 1.29 is 30.0 Å². The summed E-state index contributed by atoms with van der Waals surface area (Å²) in [7, 11) is 1.44. The number of allylic oxidation sites excluding steroid dienone is 1. The fourth-order valence-electron chi connectivity index (χ4n) is 4.90. The van der Waals surface area contributed by atoms with Crippen LogP contribution >= 0.6 is 0 Å². The average molecular weight is 430 g/mol. The van der Waals surface area contributed by atoms with Crippen molar-refractivity contribution in [3.05, 3.63) is 46.5 Å². The minimum atomic E-state index is -0.927. The number of amides is 2. The van der Waals surface area contributed by atoms with E-state index in [4.69, 9.17) is 0 Å². The van der Waals surface area contributed by atoms with Crippen LogP contribution in [0.1, 0.15) is 38.2 Å². The van der Waals surface area contributed by atoms with E-state index in [0.717, 1.165) is 22.5 Å². The van der Waals surface area contributed by atoms with Crippen molar-refractivity contribution in [3.8, 4) is 5.75 Å². The number of nitrogens with zero attached hydrogens (tertiary/aromatic N) is 1. The number of phenolic OH excluding ortho intramolecular Hbond substituents is 1. The molecule has 0 radical (unpaired) electrons. The normalized spacial score (nSPS) is 25.3. The highest BCUT2D eigenvalue weighted by Gasteiger charge is 2.53. The molecule has 4 atom stereocenters. The summed E-state index contributed by atoms with van der Waals surface area (Å²) in [6, 6.07) is 6.87. The Labute approximate surface area is 182 Å². The molecule has 1 aliphatic heterocycles. The van der Waals surface area contributed by atoms with Gasteiger partial charge in [-0.2, -0.15) is 0 Å². The molecule has 0 bridgehead atoms. The lowest BCUT2D eigenvalue weighted by Gasteiger charge is -2.36. The zero-order chi connectivity index (χ0) is 22.7. The number of hydrogen-bond donors (Lipinski definition) is 4. The second-order valence-electron chi connectivity index (χ2n) is 8.38. The lowest BCUT2D eigenvalue weighted by molar-refractivity contribution is -0.138. The first-order chi connectivity index (χ1) is 14.8. The molecule has 3 rings (SSSR count). The number of phenols is 1. The van der Waals surface area contributed by atoms with E-state index in [1.807, 2.05) is 25.1 Å². The summed E-state index contributed by atoms with van der Waals surface area (Å²) in [5.41, 5.74) is 3.11. The van der Waals surface area contributed by atoms with Gasteiger partial charge in [0.15, 0.2) is 0 Å². The zero-order valence-electron chi connectivity index (χ0n) is 18.0. The maximum Gasteiger partial charge on any atom is 0.233 e. The highest BCUT2D eigenvalue weighted by atomic mass is 16.3. The van der Waals surface area contributed by atoms with Crippen molar-refractivity contribution in [3.63, 3.8) is 0 Å². The van der Waals surface area contributed by atoms with Crippen LogP contribution in [0.5, 0.6) is 5.75 Å². The summed E-state index contributed by atoms with van der Waals surface area (Å²) in [5, 5.41) is 40.4. The molecule has 1 fully saturated rings. The second kappa shape index (κ2) is 9.77. The van der Waals surface area contributed by atoms with Gasteiger partial charge in [-0.3, -0.25) is 14.5 Å². The van der Waals surface area contributed by atoms with E-state index in [1.54, 1.807) is 12.1 Å². The van der Waals surface area contributed by atoms with Gasteiger partial charge in [-0.25, -0.2) is 0 Å². The lowest BCUT2D eigenvalue weighted by Crippen LogP contribution is -2.39. The predicted octanol–water partition coefficient (Wildman–Crippen LogP) is 1.86. The number of fused-ring (bicyclic) bond motifs is 1. The number of likely N-dealkylation sites (tertiary alicyclic amines) is 1. The summed E-state index contributed by atoms with van der Waals surface area (Å²) in [6.07, 6.45) is 3.07. The third-order valence-corrected chi connectivity index (χ3v) is 6.61. The van der Waals surface area contributed by atoms with Crippen LogP contribution in [-0.4, -0.2) is 63.5 Å². The highest BCUT2D eigenvalue weighted by Crippen LogP contribution is 2.45. The van der Waals surface area contributed by atoms with Gasteiger partial charge in [0.25, 0.3) is 0 Å². The van der Waals surface area contributed by atoms with Gasteiger partial charge in [-0.1, -0.05) is 30.7 Å². The summed E-state index contributed by atoms with van der Waals surface area (Å²) in [5.74, 6) is -2.39. The van der Waals surface area contributed by atoms with Crippen LogP contribution in [0.4, 0.5) is 0 Å². The zero-order valence-corrected chi connectivity index (χ0v) is 18.0. The molecule has 0 aromatic heterocycles. The van der Waals surface area contributed by atoms with Gasteiger partial charge in [0, 0.05) is 13.0 Å². The number of aliphatic hydroxyl groups is 3. The van der Waals surface area contributed by atoms with Gasteiger partial charge in [0.1, 0.15) is 5.75 Å². The molecule has 1 aromatic carbocycles. The number of aliphatic hydroxyl groups excluding tert-OH is 3. The minimum Gasteiger partial charge on any atom is -0.508 e. The predicted molar refractivity (Wildman–Crippen MR) is 116 cm³/mol. The number of aromatic hydroxyl groups is 1. The molecular weight excluding hydrogens is 398 g/mol. The Balaban J connectivity index is 1.80. The monoisotopic (exact) mass is 429 g/mol. The molecule has 168 valence electrons. The van der Waals surface area contributed by atoms with E-state index < -0.39 is 23.9 Å². The molecule has 7 heteroatoms. The van der Waals surface area contributed by atoms with Crippen LogP contribution in [0.15, 0.2) is 41.0 Å². The number of rotatable bonds is 8. The van der Waals surface area contributed by atoms with Crippen LogP contribution in [0.3, 0.4) is 0 Å². The van der Waals surface area contributed by atoms with Gasteiger partial charge in [-0.15, -0.1) is 0 Å². The quantitative estimate of drug-likeness (QED) is 0.370. The number of carbonyl (C=O) groups excluding carboxylic acids is 2.